The molecule has 0 aliphatic carbocycles. The maximum atomic E-state index is 6.89. The number of hydrogen-bond acceptors (Lipinski definition) is 3. The van der Waals surface area contributed by atoms with Crippen molar-refractivity contribution in [1.82, 2.24) is 5.32 Å². The molecule has 0 spiro atoms. The van der Waals surface area contributed by atoms with E-state index < -0.39 is 0 Å². The highest BCUT2D eigenvalue weighted by Crippen LogP contribution is 2.28. The fourth-order valence-electron chi connectivity index (χ4n) is 2.13. The van der Waals surface area contributed by atoms with E-state index in [2.05, 4.69) is 29.6 Å². The first-order chi connectivity index (χ1) is 7.92. The van der Waals surface area contributed by atoms with Crippen LogP contribution in [0.25, 0.3) is 0 Å². The SMILES string of the molecule is [3H][B]SOC[C@H]1CNC[C@@H]1c1ccccc1. The molecule has 4 heteroatoms. The number of rotatable bonds is 5. The minimum atomic E-state index is 0.509. The predicted molar refractivity (Wildman–Crippen MR) is 66.2 cm³/mol. The van der Waals surface area contributed by atoms with Gasteiger partial charge in [-0.15, -0.1) is 0 Å². The van der Waals surface area contributed by atoms with Crippen molar-refractivity contribution >= 4 is 19.0 Å². The molecule has 0 bridgehead atoms. The van der Waals surface area contributed by atoms with Crippen molar-refractivity contribution in [2.75, 3.05) is 19.7 Å². The Bertz CT molecular complexity index is 314. The molecule has 1 N–H and O–H groups in total. The second-order valence-electron chi connectivity index (χ2n) is 3.82. The monoisotopic (exact) mass is 222 g/mol. The largest absolute Gasteiger partial charge is 0.328 e. The minimum absolute atomic E-state index is 0.509. The fraction of sp³-hybridized carbons (Fsp3) is 0.455. The van der Waals surface area contributed by atoms with Gasteiger partial charge in [0.15, 0.2) is 0 Å². The van der Waals surface area contributed by atoms with Gasteiger partial charge >= 0.3 is 0 Å². The third-order valence-electron chi connectivity index (χ3n) is 2.92. The minimum Gasteiger partial charge on any atom is -0.328 e. The summed E-state index contributed by atoms with van der Waals surface area (Å²) in [7, 11) is 1.22. The first-order valence-corrected chi connectivity index (χ1v) is 5.96. The van der Waals surface area contributed by atoms with Gasteiger partial charge in [-0.1, -0.05) is 42.2 Å². The molecule has 1 fully saturated rings. The zero-order valence-electron chi connectivity index (χ0n) is 9.56. The molecule has 1 saturated heterocycles. The molecule has 2 rings (SSSR count). The summed E-state index contributed by atoms with van der Waals surface area (Å²) >= 11 is 1.11. The van der Waals surface area contributed by atoms with Crippen molar-refractivity contribution < 1.29 is 4.18 Å². The van der Waals surface area contributed by atoms with E-state index in [1.807, 2.05) is 6.07 Å². The maximum absolute atomic E-state index is 6.89. The molecule has 79 valence electrons. The first kappa shape index (κ1) is 9.76. The summed E-state index contributed by atoms with van der Waals surface area (Å²) in [5, 5.41) is 3.40. The summed E-state index contributed by atoms with van der Waals surface area (Å²) in [6.07, 6.45) is 0. The van der Waals surface area contributed by atoms with E-state index in [9.17, 15) is 0 Å². The van der Waals surface area contributed by atoms with Crippen LogP contribution in [0.4, 0.5) is 0 Å². The lowest BCUT2D eigenvalue weighted by atomic mass is 9.90. The van der Waals surface area contributed by atoms with Gasteiger partial charge in [-0.25, -0.2) is 0 Å². The van der Waals surface area contributed by atoms with Gasteiger partial charge in [0, 0.05) is 24.9 Å². The molecule has 2 nitrogen and oxygen atoms in total. The lowest BCUT2D eigenvalue weighted by molar-refractivity contribution is 0.289. The van der Waals surface area contributed by atoms with Crippen LogP contribution in [0.3, 0.4) is 0 Å². The van der Waals surface area contributed by atoms with E-state index >= 15 is 0 Å². The van der Waals surface area contributed by atoms with Gasteiger partial charge in [0.05, 0.1) is 6.61 Å². The molecular formula is C11H15BNOS. The van der Waals surface area contributed by atoms with Gasteiger partial charge in [0.25, 0.3) is 0 Å². The number of benzene rings is 1. The van der Waals surface area contributed by atoms with Crippen molar-refractivity contribution in [2.24, 2.45) is 5.92 Å². The van der Waals surface area contributed by atoms with Crippen LogP contribution in [0.2, 0.25) is 0 Å². The third-order valence-corrected chi connectivity index (χ3v) is 3.19. The lowest BCUT2D eigenvalue weighted by Gasteiger charge is -2.18. The van der Waals surface area contributed by atoms with Crippen molar-refractivity contribution in [3.8, 4) is 0 Å². The summed E-state index contributed by atoms with van der Waals surface area (Å²) in [4.78, 5) is 0. The fourth-order valence-corrected chi connectivity index (χ4v) is 2.38. The van der Waals surface area contributed by atoms with Crippen LogP contribution >= 0.6 is 11.9 Å². The topological polar surface area (TPSA) is 21.3 Å². The normalized spacial score (nSPS) is 26.3. The molecule has 0 amide bonds. The van der Waals surface area contributed by atoms with E-state index in [0.29, 0.717) is 18.4 Å². The average Bonchev–Trinajstić information content (AvgIpc) is 2.79. The molecule has 0 unspecified atom stereocenters. The summed E-state index contributed by atoms with van der Waals surface area (Å²) < 4.78 is 12.2. The van der Waals surface area contributed by atoms with Crippen LogP contribution in [-0.4, -0.2) is 28.1 Å². The Morgan fingerprint density at radius 3 is 3.13 bits per heavy atom. The zero-order valence-corrected chi connectivity index (χ0v) is 9.37. The second kappa shape index (κ2) is 5.59. The molecule has 1 aromatic carbocycles. The highest BCUT2D eigenvalue weighted by Gasteiger charge is 2.28. The smallest absolute Gasteiger partial charge is 0.209 e. The molecule has 0 aromatic heterocycles. The Hall–Kier alpha value is -0.445. The zero-order chi connectivity index (χ0) is 11.2. The summed E-state index contributed by atoms with van der Waals surface area (Å²) in [6, 6.07) is 10.6. The summed E-state index contributed by atoms with van der Waals surface area (Å²) in [5.74, 6) is 1.04. The highest BCUT2D eigenvalue weighted by atomic mass is 32.2. The quantitative estimate of drug-likeness (QED) is 0.463. The van der Waals surface area contributed by atoms with E-state index in [0.717, 1.165) is 25.0 Å². The number of nitrogens with one attached hydrogen (secondary N) is 1. The van der Waals surface area contributed by atoms with Crippen LogP contribution in [0.1, 0.15) is 11.5 Å². The van der Waals surface area contributed by atoms with Crippen LogP contribution in [0.15, 0.2) is 30.3 Å². The molecule has 1 aromatic rings. The maximum Gasteiger partial charge on any atom is 0.209 e. The Balaban J connectivity index is 1.93. The van der Waals surface area contributed by atoms with Gasteiger partial charge in [0.2, 0.25) is 7.09 Å². The van der Waals surface area contributed by atoms with E-state index in [4.69, 9.17) is 5.52 Å². The van der Waals surface area contributed by atoms with E-state index in [1.165, 1.54) is 12.7 Å². The van der Waals surface area contributed by atoms with Crippen molar-refractivity contribution in [2.45, 2.75) is 5.92 Å². The van der Waals surface area contributed by atoms with E-state index in [1.54, 1.807) is 0 Å². The standard InChI is InChI=1S/C11H15BNOS/c12-15-14-8-10-6-13-7-11(10)9-4-2-1-3-5-9/h1-5,10-13H,6-8H2/t10-,11-/m1/s1/i12T. The Labute approximate surface area is 97.7 Å². The Morgan fingerprint density at radius 1 is 1.47 bits per heavy atom. The molecule has 0 saturated carbocycles. The van der Waals surface area contributed by atoms with Gasteiger partial charge < -0.3 is 9.50 Å². The molecule has 1 heterocycles. The number of hydrogen-bond donors (Lipinski definition) is 1. The van der Waals surface area contributed by atoms with Crippen molar-refractivity contribution in [3.05, 3.63) is 35.9 Å². The predicted octanol–water partition coefficient (Wildman–Crippen LogP) is 1.47. The van der Waals surface area contributed by atoms with Crippen LogP contribution in [-0.2, 0) is 4.18 Å². The highest BCUT2D eigenvalue weighted by molar-refractivity contribution is 8.15. The van der Waals surface area contributed by atoms with Crippen molar-refractivity contribution in [3.63, 3.8) is 0 Å². The Morgan fingerprint density at radius 2 is 2.33 bits per heavy atom. The first-order valence-electron chi connectivity index (χ1n) is 5.73. The van der Waals surface area contributed by atoms with Gasteiger partial charge in [0.1, 0.15) is 0 Å². The van der Waals surface area contributed by atoms with E-state index in [-0.39, 0.29) is 0 Å². The van der Waals surface area contributed by atoms with Gasteiger partial charge in [-0.2, -0.15) is 0 Å². The summed E-state index contributed by atoms with van der Waals surface area (Å²) in [6.45, 7) is 2.72. The average molecular weight is 222 g/mol. The second-order valence-corrected chi connectivity index (χ2v) is 4.24. The molecule has 1 aliphatic heterocycles. The van der Waals surface area contributed by atoms with Gasteiger partial charge in [-0.3, -0.25) is 0 Å². The third kappa shape index (κ3) is 2.77. The van der Waals surface area contributed by atoms with Gasteiger partial charge in [-0.05, 0) is 6.90 Å². The molecular weight excluding hydrogens is 205 g/mol. The molecule has 1 aliphatic rings. The summed E-state index contributed by atoms with van der Waals surface area (Å²) in [5.41, 5.74) is 1.38. The van der Waals surface area contributed by atoms with Crippen LogP contribution < -0.4 is 5.32 Å². The Kier molecular flexibility index (Phi) is 3.63. The molecule has 15 heavy (non-hydrogen) atoms. The lowest BCUT2D eigenvalue weighted by Crippen LogP contribution is -2.15. The van der Waals surface area contributed by atoms with Crippen LogP contribution in [0.5, 0.6) is 0 Å². The molecule has 1 radical (unpaired) electrons. The van der Waals surface area contributed by atoms with Crippen molar-refractivity contribution in [1.29, 1.82) is 1.34 Å². The molecule has 2 atom stereocenters. The van der Waals surface area contributed by atoms with Crippen LogP contribution in [0, 0.1) is 5.92 Å².